The van der Waals surface area contributed by atoms with E-state index < -0.39 is 21.8 Å². The number of nitrogens with one attached hydrogen (secondary N) is 1. The highest BCUT2D eigenvalue weighted by atomic mass is 79.9. The third kappa shape index (κ3) is 5.20. The Morgan fingerprint density at radius 2 is 1.78 bits per heavy atom. The van der Waals surface area contributed by atoms with E-state index in [4.69, 9.17) is 11.6 Å². The van der Waals surface area contributed by atoms with Gasteiger partial charge in [-0.05, 0) is 53.0 Å². The molecule has 0 atom stereocenters. The highest BCUT2D eigenvalue weighted by Crippen LogP contribution is 2.33. The van der Waals surface area contributed by atoms with Crippen LogP contribution in [0.5, 0.6) is 0 Å². The van der Waals surface area contributed by atoms with Crippen LogP contribution in [0.1, 0.15) is 18.4 Å². The molecule has 194 valence electrons. The van der Waals surface area contributed by atoms with Crippen LogP contribution >= 0.6 is 27.5 Å². The van der Waals surface area contributed by atoms with Crippen LogP contribution in [0.15, 0.2) is 70.2 Å². The lowest BCUT2D eigenvalue weighted by Crippen LogP contribution is -2.42. The van der Waals surface area contributed by atoms with Gasteiger partial charge in [-0.3, -0.25) is 0 Å². The van der Waals surface area contributed by atoms with E-state index in [1.807, 2.05) is 24.3 Å². The molecule has 0 saturated carbocycles. The molecule has 7 nitrogen and oxygen atoms in total. The maximum Gasteiger partial charge on any atom is 0.416 e. The lowest BCUT2D eigenvalue weighted by Gasteiger charge is -2.32. The molecule has 0 bridgehead atoms. The molecule has 3 heterocycles. The van der Waals surface area contributed by atoms with Gasteiger partial charge in [-0.1, -0.05) is 35.9 Å². The van der Waals surface area contributed by atoms with Crippen LogP contribution in [0.4, 0.5) is 19.0 Å². The number of aromatic nitrogens is 3. The van der Waals surface area contributed by atoms with Crippen molar-refractivity contribution < 1.29 is 21.6 Å². The van der Waals surface area contributed by atoms with Gasteiger partial charge in [-0.2, -0.15) is 27.1 Å². The first-order chi connectivity index (χ1) is 17.5. The highest BCUT2D eigenvalue weighted by molar-refractivity contribution is 9.10. The molecule has 0 aliphatic carbocycles. The second-order valence-corrected chi connectivity index (χ2v) is 11.8. The van der Waals surface area contributed by atoms with Gasteiger partial charge in [0.2, 0.25) is 10.0 Å². The molecule has 2 aromatic heterocycles. The normalized spacial score (nSPS) is 15.8. The van der Waals surface area contributed by atoms with Crippen molar-refractivity contribution in [2.24, 2.45) is 0 Å². The lowest BCUT2D eigenvalue weighted by molar-refractivity contribution is -0.137. The quantitative estimate of drug-likeness (QED) is 0.294. The highest BCUT2D eigenvalue weighted by Gasteiger charge is 2.34. The first kappa shape index (κ1) is 26.0. The standard InChI is InChI=1S/C24H20BrClF3N5O2S/c25-19-14-30-34-22(13-21(32-23(19)34)18-6-1-2-7-20(18)26)31-16-8-10-33(11-9-16)37(35,36)17-5-3-4-15(12-17)24(27,28)29/h1-7,12-14,16,31H,8-11H2. The number of anilines is 1. The summed E-state index contributed by atoms with van der Waals surface area (Å²) in [5.74, 6) is 0.657. The Balaban J connectivity index is 1.36. The molecule has 0 spiro atoms. The van der Waals surface area contributed by atoms with Gasteiger partial charge in [0.25, 0.3) is 0 Å². The van der Waals surface area contributed by atoms with E-state index in [0.29, 0.717) is 45.6 Å². The molecular formula is C24H20BrClF3N5O2S. The molecule has 13 heteroatoms. The van der Waals surface area contributed by atoms with E-state index in [0.717, 1.165) is 17.7 Å². The molecular weight excluding hydrogens is 595 g/mol. The molecule has 1 aliphatic heterocycles. The van der Waals surface area contributed by atoms with Crippen LogP contribution in [0.2, 0.25) is 5.02 Å². The molecule has 1 N–H and O–H groups in total. The predicted molar refractivity (Wildman–Crippen MR) is 138 cm³/mol. The smallest absolute Gasteiger partial charge is 0.367 e. The minimum atomic E-state index is -4.62. The minimum absolute atomic E-state index is 0.0966. The van der Waals surface area contributed by atoms with E-state index in [1.165, 1.54) is 10.4 Å². The fraction of sp³-hybridized carbons (Fsp3) is 0.250. The lowest BCUT2D eigenvalue weighted by atomic mass is 10.1. The van der Waals surface area contributed by atoms with E-state index in [2.05, 4.69) is 31.3 Å². The van der Waals surface area contributed by atoms with Gasteiger partial charge in [0.1, 0.15) is 5.82 Å². The van der Waals surface area contributed by atoms with Crippen molar-refractivity contribution in [3.63, 3.8) is 0 Å². The second kappa shape index (κ2) is 9.90. The largest absolute Gasteiger partial charge is 0.416 e. The Kier molecular flexibility index (Phi) is 6.94. The Bertz CT molecular complexity index is 1570. The van der Waals surface area contributed by atoms with Gasteiger partial charge in [-0.25, -0.2) is 13.4 Å². The third-order valence-electron chi connectivity index (χ3n) is 6.18. The summed E-state index contributed by atoms with van der Waals surface area (Å²) in [4.78, 5) is 4.32. The molecule has 2 aromatic carbocycles. The zero-order chi connectivity index (χ0) is 26.4. The van der Waals surface area contributed by atoms with Crippen LogP contribution in [0.3, 0.4) is 0 Å². The van der Waals surface area contributed by atoms with Crippen LogP contribution in [0, 0.1) is 0 Å². The van der Waals surface area contributed by atoms with E-state index >= 15 is 0 Å². The molecule has 0 radical (unpaired) electrons. The summed E-state index contributed by atoms with van der Waals surface area (Å²) in [5, 5.41) is 8.36. The summed E-state index contributed by atoms with van der Waals surface area (Å²) in [5.41, 5.74) is 0.993. The predicted octanol–water partition coefficient (Wildman–Crippen LogP) is 6.10. The van der Waals surface area contributed by atoms with Crippen LogP contribution in [-0.4, -0.2) is 46.5 Å². The molecule has 0 unspecified atom stereocenters. The van der Waals surface area contributed by atoms with Gasteiger partial charge in [-0.15, -0.1) is 0 Å². The number of sulfonamides is 1. The number of piperidine rings is 1. The van der Waals surface area contributed by atoms with Crippen molar-refractivity contribution in [3.8, 4) is 11.3 Å². The monoisotopic (exact) mass is 613 g/mol. The SMILES string of the molecule is O=S(=O)(c1cccc(C(F)(F)F)c1)N1CCC(Nc2cc(-c3ccccc3Cl)nc3c(Br)cnn23)CC1. The topological polar surface area (TPSA) is 79.6 Å². The average Bonchev–Trinajstić information content (AvgIpc) is 3.25. The van der Waals surface area contributed by atoms with E-state index in [-0.39, 0.29) is 24.0 Å². The van der Waals surface area contributed by atoms with Crippen molar-refractivity contribution >= 4 is 49.0 Å². The first-order valence-corrected chi connectivity index (χ1v) is 13.9. The fourth-order valence-corrected chi connectivity index (χ4v) is 6.37. The number of fused-ring (bicyclic) bond motifs is 1. The van der Waals surface area contributed by atoms with Crippen LogP contribution in [0.25, 0.3) is 16.9 Å². The number of nitrogens with zero attached hydrogens (tertiary/aromatic N) is 4. The van der Waals surface area contributed by atoms with E-state index in [1.54, 1.807) is 16.8 Å². The van der Waals surface area contributed by atoms with Gasteiger partial charge < -0.3 is 5.32 Å². The van der Waals surface area contributed by atoms with E-state index in [9.17, 15) is 21.6 Å². The summed E-state index contributed by atoms with van der Waals surface area (Å²) in [6, 6.07) is 12.9. The zero-order valence-corrected chi connectivity index (χ0v) is 22.2. The number of benzene rings is 2. The summed E-state index contributed by atoms with van der Waals surface area (Å²) in [6.45, 7) is 0.315. The number of hydrogen-bond donors (Lipinski definition) is 1. The summed E-state index contributed by atoms with van der Waals surface area (Å²) in [6.07, 6.45) is -2.09. The Labute approximate surface area is 224 Å². The Morgan fingerprint density at radius 3 is 2.49 bits per heavy atom. The average molecular weight is 615 g/mol. The summed E-state index contributed by atoms with van der Waals surface area (Å²) < 4.78 is 68.9. The molecule has 1 saturated heterocycles. The first-order valence-electron chi connectivity index (χ1n) is 11.3. The fourth-order valence-electron chi connectivity index (χ4n) is 4.28. The number of hydrogen-bond acceptors (Lipinski definition) is 5. The Hall–Kier alpha value is -2.67. The Morgan fingerprint density at radius 1 is 1.05 bits per heavy atom. The molecule has 37 heavy (non-hydrogen) atoms. The van der Waals surface area contributed by atoms with Gasteiger partial charge in [0, 0.05) is 35.8 Å². The van der Waals surface area contributed by atoms with Crippen molar-refractivity contribution in [1.29, 1.82) is 0 Å². The maximum atomic E-state index is 13.1. The van der Waals surface area contributed by atoms with Crippen molar-refractivity contribution in [1.82, 2.24) is 18.9 Å². The van der Waals surface area contributed by atoms with Gasteiger partial charge in [0.05, 0.1) is 26.8 Å². The number of alkyl halides is 3. The summed E-state index contributed by atoms with van der Waals surface area (Å²) >= 11 is 9.86. The third-order valence-corrected chi connectivity index (χ3v) is 8.97. The maximum absolute atomic E-state index is 13.1. The minimum Gasteiger partial charge on any atom is -0.367 e. The molecule has 1 fully saturated rings. The molecule has 1 aliphatic rings. The molecule has 4 aromatic rings. The van der Waals surface area contributed by atoms with Crippen molar-refractivity contribution in [2.45, 2.75) is 30.0 Å². The van der Waals surface area contributed by atoms with Crippen molar-refractivity contribution in [2.75, 3.05) is 18.4 Å². The zero-order valence-electron chi connectivity index (χ0n) is 19.1. The van der Waals surface area contributed by atoms with Crippen LogP contribution < -0.4 is 5.32 Å². The van der Waals surface area contributed by atoms with Crippen molar-refractivity contribution in [3.05, 3.63) is 75.9 Å². The molecule has 5 rings (SSSR count). The summed E-state index contributed by atoms with van der Waals surface area (Å²) in [7, 11) is -4.06. The molecule has 0 amide bonds. The number of halogens is 5. The van der Waals surface area contributed by atoms with Gasteiger partial charge in [0.15, 0.2) is 5.65 Å². The second-order valence-electron chi connectivity index (χ2n) is 8.58. The van der Waals surface area contributed by atoms with Gasteiger partial charge >= 0.3 is 6.18 Å². The number of rotatable bonds is 5. The van der Waals surface area contributed by atoms with Crippen LogP contribution in [-0.2, 0) is 16.2 Å².